The van der Waals surface area contributed by atoms with Crippen LogP contribution in [-0.4, -0.2) is 20.1 Å². The number of nitrogens with zero attached hydrogens (tertiary/aromatic N) is 2. The van der Waals surface area contributed by atoms with Crippen molar-refractivity contribution in [3.05, 3.63) is 18.6 Å². The van der Waals surface area contributed by atoms with Crippen molar-refractivity contribution in [3.63, 3.8) is 0 Å². The van der Waals surface area contributed by atoms with Crippen LogP contribution >= 0.6 is 22.9 Å². The Kier molecular flexibility index (Phi) is 2.30. The van der Waals surface area contributed by atoms with Crippen molar-refractivity contribution >= 4 is 28.7 Å². The summed E-state index contributed by atoms with van der Waals surface area (Å²) < 4.78 is 3.93. The number of hydrogen-bond donors (Lipinski definition) is 0. The molecule has 48 valence electrons. The molecule has 1 aliphatic rings. The van der Waals surface area contributed by atoms with Gasteiger partial charge in [0.2, 0.25) is 0 Å². The van der Waals surface area contributed by atoms with Gasteiger partial charge in [0.05, 0.1) is 29.1 Å². The summed E-state index contributed by atoms with van der Waals surface area (Å²) in [5.41, 5.74) is 0. The van der Waals surface area contributed by atoms with Crippen LogP contribution in [0.5, 0.6) is 0 Å². The Morgan fingerprint density at radius 3 is 3.00 bits per heavy atom. The fraction of sp³-hybridized carbons (Fsp3) is 0.333. The first-order valence-electron chi connectivity index (χ1n) is 2.81. The van der Waals surface area contributed by atoms with Gasteiger partial charge in [0, 0.05) is 0 Å². The molecule has 0 bridgehead atoms. The summed E-state index contributed by atoms with van der Waals surface area (Å²) in [4.78, 5) is 0. The lowest BCUT2D eigenvalue weighted by Gasteiger charge is -2.00. The molecule has 1 rings (SSSR count). The van der Waals surface area contributed by atoms with Crippen molar-refractivity contribution in [1.82, 2.24) is 3.11 Å². The minimum atomic E-state index is 0.984. The lowest BCUT2D eigenvalue weighted by molar-refractivity contribution is -0.446. The van der Waals surface area contributed by atoms with Crippen molar-refractivity contribution in [1.29, 1.82) is 0 Å². The van der Waals surface area contributed by atoms with Crippen LogP contribution in [0, 0.1) is 0 Å². The molecule has 0 atom stereocenters. The van der Waals surface area contributed by atoms with E-state index in [1.807, 2.05) is 26.3 Å². The summed E-state index contributed by atoms with van der Waals surface area (Å²) in [7, 11) is 0. The molecule has 2 nitrogen and oxygen atoms in total. The summed E-state index contributed by atoms with van der Waals surface area (Å²) >= 11 is 2.18. The zero-order chi connectivity index (χ0) is 6.69. The highest BCUT2D eigenvalue weighted by atomic mass is 127. The van der Waals surface area contributed by atoms with Gasteiger partial charge in [-0.25, -0.2) is 0 Å². The van der Waals surface area contributed by atoms with Gasteiger partial charge in [0.15, 0.2) is 18.6 Å². The molecule has 0 aliphatic carbocycles. The average molecular weight is 235 g/mol. The highest BCUT2D eigenvalue weighted by Gasteiger charge is 1.98. The van der Waals surface area contributed by atoms with E-state index in [0.717, 1.165) is 6.54 Å². The smallest absolute Gasteiger partial charge is 0.195 e. The van der Waals surface area contributed by atoms with Gasteiger partial charge in [-0.1, -0.05) is 0 Å². The lowest BCUT2D eigenvalue weighted by atomic mass is 10.6. The second-order valence-corrected chi connectivity index (χ2v) is 2.80. The first kappa shape index (κ1) is 6.83. The molecule has 0 saturated carbocycles. The fourth-order valence-electron chi connectivity index (χ4n) is 0.556. The van der Waals surface area contributed by atoms with Crippen LogP contribution in [0.25, 0.3) is 0 Å². The normalized spacial score (nSPS) is 16.2. The minimum Gasteiger partial charge on any atom is -0.278 e. The Labute approximate surface area is 68.7 Å². The third-order valence-corrected chi connectivity index (χ3v) is 1.68. The maximum atomic E-state index is 3.06. The van der Waals surface area contributed by atoms with Crippen molar-refractivity contribution in [2.75, 3.05) is 6.54 Å². The van der Waals surface area contributed by atoms with Gasteiger partial charge in [0.1, 0.15) is 6.20 Å². The average Bonchev–Trinajstić information content (AvgIpc) is 1.90. The lowest BCUT2D eigenvalue weighted by Crippen LogP contribution is -2.08. The van der Waals surface area contributed by atoms with E-state index in [9.17, 15) is 0 Å². The van der Waals surface area contributed by atoms with Crippen LogP contribution < -0.4 is 0 Å². The third-order valence-electron chi connectivity index (χ3n) is 1.08. The van der Waals surface area contributed by atoms with Gasteiger partial charge in [-0.15, -0.1) is 0 Å². The number of rotatable bonds is 1. The quantitative estimate of drug-likeness (QED) is 0.377. The molecule has 1 aliphatic heterocycles. The molecule has 0 aromatic heterocycles. The number of halogens is 1. The van der Waals surface area contributed by atoms with E-state index in [0.29, 0.717) is 0 Å². The van der Waals surface area contributed by atoms with E-state index in [1.54, 1.807) is 0 Å². The second kappa shape index (κ2) is 3.03. The highest BCUT2D eigenvalue weighted by Crippen LogP contribution is 2.00. The van der Waals surface area contributed by atoms with E-state index < -0.39 is 0 Å². The van der Waals surface area contributed by atoms with Gasteiger partial charge in [-0.05, 0) is 6.92 Å². The predicted octanol–water partition coefficient (Wildman–Crippen LogP) is 1.34. The van der Waals surface area contributed by atoms with Gasteiger partial charge < -0.3 is 0 Å². The van der Waals surface area contributed by atoms with E-state index >= 15 is 0 Å². The summed E-state index contributed by atoms with van der Waals surface area (Å²) in [5.74, 6) is 3.06. The van der Waals surface area contributed by atoms with E-state index in [1.165, 1.54) is 0 Å². The van der Waals surface area contributed by atoms with E-state index in [4.69, 9.17) is 0 Å². The van der Waals surface area contributed by atoms with Crippen LogP contribution in [-0.2, 0) is 0 Å². The topological polar surface area (TPSA) is 6.25 Å². The SMILES string of the molecule is CC[N+]1=C=CN(I)C=C1. The molecule has 0 unspecified atom stereocenters. The molecule has 0 aromatic carbocycles. The first-order valence-corrected chi connectivity index (χ1v) is 3.78. The highest BCUT2D eigenvalue weighted by molar-refractivity contribution is 14.1. The van der Waals surface area contributed by atoms with Crippen LogP contribution in [0.4, 0.5) is 0 Å². The zero-order valence-electron chi connectivity index (χ0n) is 5.21. The van der Waals surface area contributed by atoms with Gasteiger partial charge in [-0.2, -0.15) is 4.58 Å². The van der Waals surface area contributed by atoms with Crippen molar-refractivity contribution in [3.8, 4) is 0 Å². The molecule has 1 heterocycles. The molecular formula is C6H8IN2+. The monoisotopic (exact) mass is 235 g/mol. The number of hydrogen-bond acceptors (Lipinski definition) is 1. The Balaban J connectivity index is 2.77. The summed E-state index contributed by atoms with van der Waals surface area (Å²) in [6.45, 7) is 3.07. The maximum Gasteiger partial charge on any atom is 0.195 e. The molecule has 0 N–H and O–H groups in total. The van der Waals surface area contributed by atoms with Crippen molar-refractivity contribution < 1.29 is 4.58 Å². The fourth-order valence-corrected chi connectivity index (χ4v) is 0.825. The molecule has 0 fully saturated rings. The summed E-state index contributed by atoms with van der Waals surface area (Å²) in [6, 6.07) is 0. The second-order valence-electron chi connectivity index (χ2n) is 1.69. The van der Waals surface area contributed by atoms with Gasteiger partial charge >= 0.3 is 0 Å². The van der Waals surface area contributed by atoms with Crippen LogP contribution in [0.2, 0.25) is 0 Å². The largest absolute Gasteiger partial charge is 0.278 e. The van der Waals surface area contributed by atoms with Crippen LogP contribution in [0.3, 0.4) is 0 Å². The molecular weight excluding hydrogens is 227 g/mol. The predicted molar refractivity (Wildman–Crippen MR) is 45.4 cm³/mol. The molecule has 0 radical (unpaired) electrons. The van der Waals surface area contributed by atoms with E-state index in [-0.39, 0.29) is 0 Å². The third kappa shape index (κ3) is 1.84. The molecule has 0 amide bonds. The first-order chi connectivity index (χ1) is 4.33. The van der Waals surface area contributed by atoms with Gasteiger partial charge in [-0.3, -0.25) is 3.11 Å². The Morgan fingerprint density at radius 2 is 2.56 bits per heavy atom. The zero-order valence-corrected chi connectivity index (χ0v) is 7.37. The molecule has 9 heavy (non-hydrogen) atoms. The standard InChI is InChI=1S/C6H8IN2/c1-2-8-3-5-9(7)6-4-8/h3,5-6H,2H2,1H3/q+1. The van der Waals surface area contributed by atoms with Crippen LogP contribution in [0.15, 0.2) is 18.6 Å². The summed E-state index contributed by atoms with van der Waals surface area (Å²) in [5, 5.41) is 0. The Morgan fingerprint density at radius 1 is 1.78 bits per heavy atom. The van der Waals surface area contributed by atoms with E-state index in [2.05, 4.69) is 35.7 Å². The van der Waals surface area contributed by atoms with Crippen LogP contribution in [0.1, 0.15) is 6.92 Å². The maximum absolute atomic E-state index is 3.06. The van der Waals surface area contributed by atoms with Crippen molar-refractivity contribution in [2.45, 2.75) is 6.92 Å². The molecule has 0 aromatic rings. The minimum absolute atomic E-state index is 0.984. The Bertz CT molecular complexity index is 189. The Hall–Kier alpha value is -0.280. The molecule has 0 spiro atoms. The molecule has 0 saturated heterocycles. The summed E-state index contributed by atoms with van der Waals surface area (Å²) in [6.07, 6.45) is 5.87. The molecule has 3 heteroatoms. The van der Waals surface area contributed by atoms with Crippen molar-refractivity contribution in [2.24, 2.45) is 0 Å². The van der Waals surface area contributed by atoms with Gasteiger partial charge in [0.25, 0.3) is 0 Å².